The first kappa shape index (κ1) is 15.1. The maximum atomic E-state index is 12.7. The van der Waals surface area contributed by atoms with Gasteiger partial charge in [0.1, 0.15) is 0 Å². The van der Waals surface area contributed by atoms with Crippen LogP contribution in [0.1, 0.15) is 16.1 Å². The van der Waals surface area contributed by atoms with E-state index in [1.807, 2.05) is 0 Å². The van der Waals surface area contributed by atoms with Gasteiger partial charge in [0.25, 0.3) is 5.91 Å². The van der Waals surface area contributed by atoms with Crippen molar-refractivity contribution >= 4 is 5.91 Å². The Morgan fingerprint density at radius 3 is 2.43 bits per heavy atom. The Morgan fingerprint density at radius 1 is 1.24 bits per heavy atom. The van der Waals surface area contributed by atoms with Gasteiger partial charge in [-0.3, -0.25) is 9.48 Å². The number of alkyl halides is 3. The average Bonchev–Trinajstić information content (AvgIpc) is 2.80. The van der Waals surface area contributed by atoms with Crippen molar-refractivity contribution in [2.24, 2.45) is 7.05 Å². The molecular weight excluding hydrogens is 283 g/mol. The van der Waals surface area contributed by atoms with Crippen LogP contribution < -0.4 is 0 Å². The van der Waals surface area contributed by atoms with Gasteiger partial charge in [-0.1, -0.05) is 12.1 Å². The van der Waals surface area contributed by atoms with Crippen molar-refractivity contribution < 1.29 is 18.0 Å². The minimum absolute atomic E-state index is 0.213. The Morgan fingerprint density at radius 2 is 1.90 bits per heavy atom. The third-order valence-corrected chi connectivity index (χ3v) is 2.98. The van der Waals surface area contributed by atoms with E-state index in [1.165, 1.54) is 11.9 Å². The molecule has 0 spiro atoms. The van der Waals surface area contributed by atoms with Crippen LogP contribution in [0.2, 0.25) is 0 Å². The summed E-state index contributed by atoms with van der Waals surface area (Å²) in [6.45, 7) is 0. The van der Waals surface area contributed by atoms with E-state index in [4.69, 9.17) is 0 Å². The highest BCUT2D eigenvalue weighted by molar-refractivity contribution is 5.95. The van der Waals surface area contributed by atoms with Gasteiger partial charge >= 0.3 is 6.18 Å². The number of nitrogens with zero attached hydrogens (tertiary/aromatic N) is 3. The van der Waals surface area contributed by atoms with E-state index in [0.29, 0.717) is 16.8 Å². The molecule has 1 heterocycles. The fourth-order valence-corrected chi connectivity index (χ4v) is 1.95. The Hall–Kier alpha value is -2.31. The molecule has 1 aromatic carbocycles. The number of hydrogen-bond donors (Lipinski definition) is 0. The van der Waals surface area contributed by atoms with Crippen LogP contribution in [0.3, 0.4) is 0 Å². The summed E-state index contributed by atoms with van der Waals surface area (Å²) in [6, 6.07) is 7.42. The molecule has 0 saturated carbocycles. The molecule has 0 aliphatic carbocycles. The molecule has 0 saturated heterocycles. The van der Waals surface area contributed by atoms with Crippen LogP contribution in [0.4, 0.5) is 13.2 Å². The van der Waals surface area contributed by atoms with Crippen LogP contribution in [0.5, 0.6) is 0 Å². The molecule has 0 atom stereocenters. The highest BCUT2D eigenvalue weighted by atomic mass is 19.4. The second-order valence-corrected chi connectivity index (χ2v) is 4.82. The Bertz CT molecular complexity index is 674. The van der Waals surface area contributed by atoms with Crippen LogP contribution in [-0.4, -0.2) is 34.7 Å². The SMILES string of the molecule is CN(C)C(=O)c1cccc(-c2cc(C(F)(F)F)nn2C)c1. The number of hydrogen-bond acceptors (Lipinski definition) is 2. The van der Waals surface area contributed by atoms with Gasteiger partial charge in [-0.2, -0.15) is 18.3 Å². The van der Waals surface area contributed by atoms with E-state index >= 15 is 0 Å². The van der Waals surface area contributed by atoms with Gasteiger partial charge < -0.3 is 4.90 Å². The van der Waals surface area contributed by atoms with Gasteiger partial charge in [-0.15, -0.1) is 0 Å². The van der Waals surface area contributed by atoms with Gasteiger partial charge in [0, 0.05) is 32.3 Å². The lowest BCUT2D eigenvalue weighted by Crippen LogP contribution is -2.21. The highest BCUT2D eigenvalue weighted by Crippen LogP contribution is 2.31. The summed E-state index contributed by atoms with van der Waals surface area (Å²) in [5.41, 5.74) is 0.264. The van der Waals surface area contributed by atoms with Crippen molar-refractivity contribution in [1.29, 1.82) is 0 Å². The second-order valence-electron chi connectivity index (χ2n) is 4.82. The molecule has 0 radical (unpaired) electrons. The average molecular weight is 297 g/mol. The summed E-state index contributed by atoms with van der Waals surface area (Å²) in [4.78, 5) is 13.3. The number of benzene rings is 1. The summed E-state index contributed by atoms with van der Waals surface area (Å²) in [7, 11) is 4.66. The van der Waals surface area contributed by atoms with E-state index in [2.05, 4.69) is 5.10 Å². The minimum atomic E-state index is -4.49. The van der Waals surface area contributed by atoms with E-state index in [9.17, 15) is 18.0 Å². The van der Waals surface area contributed by atoms with Crippen molar-refractivity contribution in [3.63, 3.8) is 0 Å². The van der Waals surface area contributed by atoms with Crippen LogP contribution >= 0.6 is 0 Å². The zero-order valence-electron chi connectivity index (χ0n) is 11.8. The van der Waals surface area contributed by atoms with Crippen molar-refractivity contribution in [2.45, 2.75) is 6.18 Å². The van der Waals surface area contributed by atoms with Gasteiger partial charge in [0.2, 0.25) is 0 Å². The van der Waals surface area contributed by atoms with Crippen molar-refractivity contribution in [3.8, 4) is 11.3 Å². The zero-order valence-corrected chi connectivity index (χ0v) is 11.8. The molecule has 2 aromatic rings. The number of aromatic nitrogens is 2. The van der Waals surface area contributed by atoms with E-state index in [1.54, 1.807) is 38.4 Å². The van der Waals surface area contributed by atoms with E-state index in [-0.39, 0.29) is 5.91 Å². The maximum Gasteiger partial charge on any atom is 0.435 e. The molecule has 7 heteroatoms. The summed E-state index contributed by atoms with van der Waals surface area (Å²) in [5, 5.41) is 3.46. The normalized spacial score (nSPS) is 11.5. The van der Waals surface area contributed by atoms with Crippen molar-refractivity contribution in [3.05, 3.63) is 41.6 Å². The van der Waals surface area contributed by atoms with Crippen LogP contribution in [0.15, 0.2) is 30.3 Å². The van der Waals surface area contributed by atoms with Gasteiger partial charge in [0.05, 0.1) is 5.69 Å². The maximum absolute atomic E-state index is 12.7. The van der Waals surface area contributed by atoms with Crippen LogP contribution in [-0.2, 0) is 13.2 Å². The third-order valence-electron chi connectivity index (χ3n) is 2.98. The van der Waals surface area contributed by atoms with Gasteiger partial charge in [-0.05, 0) is 18.2 Å². The van der Waals surface area contributed by atoms with Crippen molar-refractivity contribution in [1.82, 2.24) is 14.7 Å². The second kappa shape index (κ2) is 5.23. The summed E-state index contributed by atoms with van der Waals surface area (Å²) in [5.74, 6) is -0.213. The third kappa shape index (κ3) is 3.07. The molecule has 112 valence electrons. The summed E-state index contributed by atoms with van der Waals surface area (Å²) < 4.78 is 39.2. The smallest absolute Gasteiger partial charge is 0.345 e. The molecular formula is C14H14F3N3O. The quantitative estimate of drug-likeness (QED) is 0.855. The lowest BCUT2D eigenvalue weighted by molar-refractivity contribution is -0.141. The molecule has 1 amide bonds. The summed E-state index contributed by atoms with van der Waals surface area (Å²) in [6.07, 6.45) is -4.49. The number of carbonyl (C=O) groups excluding carboxylic acids is 1. The number of rotatable bonds is 2. The molecule has 0 aliphatic rings. The molecule has 21 heavy (non-hydrogen) atoms. The molecule has 0 N–H and O–H groups in total. The Labute approximate surface area is 119 Å². The van der Waals surface area contributed by atoms with E-state index < -0.39 is 11.9 Å². The molecule has 4 nitrogen and oxygen atoms in total. The first-order valence-electron chi connectivity index (χ1n) is 6.13. The largest absolute Gasteiger partial charge is 0.435 e. The lowest BCUT2D eigenvalue weighted by Gasteiger charge is -2.11. The monoisotopic (exact) mass is 297 g/mol. The summed E-state index contributed by atoms with van der Waals surface area (Å²) >= 11 is 0. The number of amides is 1. The fourth-order valence-electron chi connectivity index (χ4n) is 1.95. The van der Waals surface area contributed by atoms with Crippen LogP contribution in [0, 0.1) is 0 Å². The molecule has 2 rings (SSSR count). The predicted octanol–water partition coefficient (Wildman–Crippen LogP) is 2.81. The van der Waals surface area contributed by atoms with Crippen LogP contribution in [0.25, 0.3) is 11.3 Å². The Kier molecular flexibility index (Phi) is 3.76. The zero-order chi connectivity index (χ0) is 15.8. The van der Waals surface area contributed by atoms with Gasteiger partial charge in [0.15, 0.2) is 5.69 Å². The number of aryl methyl sites for hydroxylation is 1. The minimum Gasteiger partial charge on any atom is -0.345 e. The fraction of sp³-hybridized carbons (Fsp3) is 0.286. The number of halogens is 3. The molecule has 0 bridgehead atoms. The predicted molar refractivity (Wildman–Crippen MR) is 71.7 cm³/mol. The molecule has 0 aliphatic heterocycles. The highest BCUT2D eigenvalue weighted by Gasteiger charge is 2.34. The topological polar surface area (TPSA) is 38.1 Å². The molecule has 0 unspecified atom stereocenters. The Balaban J connectivity index is 2.46. The van der Waals surface area contributed by atoms with E-state index in [0.717, 1.165) is 10.7 Å². The molecule has 0 fully saturated rings. The van der Waals surface area contributed by atoms with Gasteiger partial charge in [-0.25, -0.2) is 0 Å². The lowest BCUT2D eigenvalue weighted by atomic mass is 10.1. The first-order valence-corrected chi connectivity index (χ1v) is 6.13. The standard InChI is InChI=1S/C14H14F3N3O/c1-19(2)13(21)10-6-4-5-9(7-10)11-8-12(14(15,16)17)18-20(11)3/h4-8H,1-3H3. The number of carbonyl (C=O) groups is 1. The molecule has 1 aromatic heterocycles. The van der Waals surface area contributed by atoms with Crippen molar-refractivity contribution in [2.75, 3.05) is 14.1 Å². The first-order chi connectivity index (χ1) is 9.70.